The second-order valence-electron chi connectivity index (χ2n) is 3.58. The average molecular weight is 258 g/mol. The van der Waals surface area contributed by atoms with Crippen molar-refractivity contribution in [2.75, 3.05) is 12.4 Å². The van der Waals surface area contributed by atoms with Gasteiger partial charge in [-0.2, -0.15) is 11.8 Å². The van der Waals surface area contributed by atoms with Crippen LogP contribution in [0, 0.1) is 5.82 Å². The fourth-order valence-corrected chi connectivity index (χ4v) is 2.09. The summed E-state index contributed by atoms with van der Waals surface area (Å²) in [7, 11) is 0. The van der Waals surface area contributed by atoms with Crippen LogP contribution in [0.1, 0.15) is 13.3 Å². The molecule has 1 aromatic carbocycles. The van der Waals surface area contributed by atoms with Crippen LogP contribution in [-0.4, -0.2) is 28.7 Å². The largest absolute Gasteiger partial charge is 0.493 e. The Morgan fingerprint density at radius 1 is 1.47 bits per heavy atom. The molecule has 94 valence electrons. The Labute approximate surface area is 104 Å². The Balaban J connectivity index is 2.15. The number of carboxylic acid groups (broad SMARTS) is 1. The van der Waals surface area contributed by atoms with E-state index in [-0.39, 0.29) is 17.5 Å². The number of hydrogen-bond acceptors (Lipinski definition) is 3. The van der Waals surface area contributed by atoms with E-state index in [1.54, 1.807) is 23.9 Å². The van der Waals surface area contributed by atoms with Gasteiger partial charge in [-0.15, -0.1) is 0 Å². The summed E-state index contributed by atoms with van der Waals surface area (Å²) in [4.78, 5) is 10.4. The van der Waals surface area contributed by atoms with Crippen molar-refractivity contribution in [3.05, 3.63) is 30.1 Å². The molecular formula is C12H15FO3S. The number of aliphatic carboxylic acids is 1. The molecule has 1 N–H and O–H groups in total. The highest BCUT2D eigenvalue weighted by Crippen LogP contribution is 2.15. The summed E-state index contributed by atoms with van der Waals surface area (Å²) < 4.78 is 18.0. The summed E-state index contributed by atoms with van der Waals surface area (Å²) in [6, 6.07) is 5.83. The minimum Gasteiger partial charge on any atom is -0.493 e. The van der Waals surface area contributed by atoms with E-state index in [0.717, 1.165) is 0 Å². The maximum atomic E-state index is 12.6. The molecule has 0 bridgehead atoms. The van der Waals surface area contributed by atoms with E-state index in [4.69, 9.17) is 9.84 Å². The van der Waals surface area contributed by atoms with Gasteiger partial charge >= 0.3 is 5.97 Å². The third-order valence-corrected chi connectivity index (χ3v) is 3.17. The normalized spacial score (nSPS) is 12.1. The summed E-state index contributed by atoms with van der Waals surface area (Å²) in [5.41, 5.74) is 0. The van der Waals surface area contributed by atoms with Crippen LogP contribution >= 0.6 is 11.8 Å². The van der Waals surface area contributed by atoms with Crippen LogP contribution in [0.4, 0.5) is 4.39 Å². The molecular weight excluding hydrogens is 243 g/mol. The molecule has 0 aromatic heterocycles. The van der Waals surface area contributed by atoms with E-state index in [1.165, 1.54) is 12.1 Å². The monoisotopic (exact) mass is 258 g/mol. The molecule has 1 atom stereocenters. The molecule has 3 nitrogen and oxygen atoms in total. The van der Waals surface area contributed by atoms with Gasteiger partial charge in [-0.3, -0.25) is 4.79 Å². The van der Waals surface area contributed by atoms with Crippen molar-refractivity contribution in [1.82, 2.24) is 0 Å². The Morgan fingerprint density at radius 2 is 2.12 bits per heavy atom. The number of benzene rings is 1. The van der Waals surface area contributed by atoms with Gasteiger partial charge in [-0.05, 0) is 24.3 Å². The van der Waals surface area contributed by atoms with Crippen LogP contribution in [-0.2, 0) is 4.79 Å². The van der Waals surface area contributed by atoms with Crippen LogP contribution in [0.5, 0.6) is 5.75 Å². The summed E-state index contributed by atoms with van der Waals surface area (Å²) >= 11 is 1.55. The molecule has 0 amide bonds. The lowest BCUT2D eigenvalue weighted by atomic mass is 10.3. The first-order valence-electron chi connectivity index (χ1n) is 5.29. The summed E-state index contributed by atoms with van der Waals surface area (Å²) in [6.45, 7) is 2.36. The molecule has 1 rings (SSSR count). The molecule has 0 aliphatic carbocycles. The second-order valence-corrected chi connectivity index (χ2v) is 5.13. The lowest BCUT2D eigenvalue weighted by molar-refractivity contribution is -0.136. The van der Waals surface area contributed by atoms with Crippen molar-refractivity contribution in [3.8, 4) is 5.75 Å². The van der Waals surface area contributed by atoms with Crippen molar-refractivity contribution < 1.29 is 19.0 Å². The van der Waals surface area contributed by atoms with Crippen LogP contribution < -0.4 is 4.74 Å². The van der Waals surface area contributed by atoms with E-state index in [2.05, 4.69) is 0 Å². The van der Waals surface area contributed by atoms with Crippen LogP contribution in [0.15, 0.2) is 24.3 Å². The van der Waals surface area contributed by atoms with E-state index in [9.17, 15) is 9.18 Å². The number of thioether (sulfide) groups is 1. The van der Waals surface area contributed by atoms with E-state index >= 15 is 0 Å². The maximum Gasteiger partial charge on any atom is 0.304 e. The van der Waals surface area contributed by atoms with Gasteiger partial charge in [-0.1, -0.05) is 6.92 Å². The Morgan fingerprint density at radius 3 is 2.71 bits per heavy atom. The minimum atomic E-state index is -0.788. The number of carboxylic acids is 1. The third-order valence-electron chi connectivity index (χ3n) is 2.03. The van der Waals surface area contributed by atoms with Crippen molar-refractivity contribution in [2.24, 2.45) is 0 Å². The lowest BCUT2D eigenvalue weighted by Gasteiger charge is -2.09. The number of hydrogen-bond donors (Lipinski definition) is 1. The SMILES string of the molecule is CC(CC(=O)O)SCCOc1ccc(F)cc1. The van der Waals surface area contributed by atoms with E-state index in [0.29, 0.717) is 18.1 Å². The number of carbonyl (C=O) groups is 1. The predicted octanol–water partition coefficient (Wildman–Crippen LogP) is 2.80. The quantitative estimate of drug-likeness (QED) is 0.764. The number of ether oxygens (including phenoxy) is 1. The number of rotatable bonds is 7. The Kier molecular flexibility index (Phi) is 5.83. The van der Waals surface area contributed by atoms with Gasteiger partial charge in [-0.25, -0.2) is 4.39 Å². The molecule has 0 heterocycles. The highest BCUT2D eigenvalue weighted by molar-refractivity contribution is 7.99. The van der Waals surface area contributed by atoms with Gasteiger partial charge in [0.2, 0.25) is 0 Å². The first kappa shape index (κ1) is 13.8. The molecule has 1 aromatic rings. The van der Waals surface area contributed by atoms with Gasteiger partial charge < -0.3 is 9.84 Å². The molecule has 0 aliphatic heterocycles. The Bertz CT molecular complexity index is 353. The van der Waals surface area contributed by atoms with Crippen molar-refractivity contribution in [1.29, 1.82) is 0 Å². The summed E-state index contributed by atoms with van der Waals surface area (Å²) in [5.74, 6) is 0.260. The molecule has 1 unspecified atom stereocenters. The topological polar surface area (TPSA) is 46.5 Å². The summed E-state index contributed by atoms with van der Waals surface area (Å²) in [6.07, 6.45) is 0.154. The van der Waals surface area contributed by atoms with Gasteiger partial charge in [0.15, 0.2) is 0 Å². The average Bonchev–Trinajstić information content (AvgIpc) is 2.26. The van der Waals surface area contributed by atoms with Gasteiger partial charge in [0.25, 0.3) is 0 Å². The fraction of sp³-hybridized carbons (Fsp3) is 0.417. The fourth-order valence-electron chi connectivity index (χ4n) is 1.24. The molecule has 0 saturated carbocycles. The van der Waals surface area contributed by atoms with Gasteiger partial charge in [0, 0.05) is 11.0 Å². The zero-order chi connectivity index (χ0) is 12.7. The standard InChI is InChI=1S/C12H15FO3S/c1-9(8-12(14)15)17-7-6-16-11-4-2-10(13)3-5-11/h2-5,9H,6-8H2,1H3,(H,14,15). The molecule has 17 heavy (non-hydrogen) atoms. The van der Waals surface area contributed by atoms with Gasteiger partial charge in [0.05, 0.1) is 13.0 Å². The molecule has 0 fully saturated rings. The van der Waals surface area contributed by atoms with Crippen LogP contribution in [0.25, 0.3) is 0 Å². The molecule has 0 spiro atoms. The maximum absolute atomic E-state index is 12.6. The predicted molar refractivity (Wildman–Crippen MR) is 66.1 cm³/mol. The van der Waals surface area contributed by atoms with E-state index < -0.39 is 5.97 Å². The molecule has 0 radical (unpaired) electrons. The first-order valence-corrected chi connectivity index (χ1v) is 6.34. The molecule has 0 saturated heterocycles. The van der Waals surface area contributed by atoms with Crippen molar-refractivity contribution in [2.45, 2.75) is 18.6 Å². The highest BCUT2D eigenvalue weighted by Gasteiger charge is 2.07. The summed E-state index contributed by atoms with van der Waals surface area (Å²) in [5, 5.41) is 8.64. The Hall–Kier alpha value is -1.23. The minimum absolute atomic E-state index is 0.0734. The first-order chi connectivity index (χ1) is 8.08. The highest BCUT2D eigenvalue weighted by atomic mass is 32.2. The number of halogens is 1. The zero-order valence-electron chi connectivity index (χ0n) is 9.56. The molecule has 0 aliphatic rings. The second kappa shape index (κ2) is 7.17. The van der Waals surface area contributed by atoms with Crippen LogP contribution in [0.3, 0.4) is 0 Å². The zero-order valence-corrected chi connectivity index (χ0v) is 10.4. The van der Waals surface area contributed by atoms with Crippen molar-refractivity contribution in [3.63, 3.8) is 0 Å². The van der Waals surface area contributed by atoms with Gasteiger partial charge in [0.1, 0.15) is 11.6 Å². The van der Waals surface area contributed by atoms with E-state index in [1.807, 2.05) is 6.92 Å². The lowest BCUT2D eigenvalue weighted by Crippen LogP contribution is -2.09. The smallest absolute Gasteiger partial charge is 0.304 e. The van der Waals surface area contributed by atoms with Crippen molar-refractivity contribution >= 4 is 17.7 Å². The third kappa shape index (κ3) is 6.16. The molecule has 5 heteroatoms. The van der Waals surface area contributed by atoms with Crippen LogP contribution in [0.2, 0.25) is 0 Å².